The maximum atomic E-state index is 14.2. The molecule has 0 aliphatic carbocycles. The van der Waals surface area contributed by atoms with Crippen LogP contribution in [0.3, 0.4) is 0 Å². The highest BCUT2D eigenvalue weighted by Crippen LogP contribution is 2.45. The highest BCUT2D eigenvalue weighted by atomic mass is 35.5. The van der Waals surface area contributed by atoms with Crippen LogP contribution in [0.15, 0.2) is 42.5 Å². The van der Waals surface area contributed by atoms with Gasteiger partial charge in [-0.25, -0.2) is 9.37 Å². The molecule has 0 bridgehead atoms. The molecule has 0 saturated heterocycles. The number of rotatable bonds is 6. The molecular formula is C23H21Cl2F4NO2. The number of hydrogen-bond donors (Lipinski definition) is 1. The second kappa shape index (κ2) is 8.69. The van der Waals surface area contributed by atoms with Gasteiger partial charge in [-0.15, -0.1) is 0 Å². The van der Waals surface area contributed by atoms with E-state index in [-0.39, 0.29) is 22.0 Å². The Balaban J connectivity index is 2.10. The Kier molecular flexibility index (Phi) is 6.67. The van der Waals surface area contributed by atoms with E-state index in [0.717, 1.165) is 12.1 Å². The van der Waals surface area contributed by atoms with Gasteiger partial charge in [0.1, 0.15) is 16.7 Å². The standard InChI is InChI=1S/C23H21Cl2F4NO2/c1-21(2,17-10-15(26)5-7-19(17)32-3)12-22(31,23(27,28)29)11-13-8-20(25)30-18-6-4-14(24)9-16(13)18/h4-10,31H,11-12H2,1-3H3. The quantitative estimate of drug-likeness (QED) is 0.302. The summed E-state index contributed by atoms with van der Waals surface area (Å²) in [5.41, 5.74) is -3.75. The fourth-order valence-corrected chi connectivity index (χ4v) is 4.39. The van der Waals surface area contributed by atoms with Crippen molar-refractivity contribution in [2.24, 2.45) is 0 Å². The van der Waals surface area contributed by atoms with E-state index in [0.29, 0.717) is 15.9 Å². The van der Waals surface area contributed by atoms with Crippen molar-refractivity contribution in [1.29, 1.82) is 0 Å². The number of benzene rings is 2. The van der Waals surface area contributed by atoms with Crippen LogP contribution in [0.2, 0.25) is 10.2 Å². The largest absolute Gasteiger partial charge is 0.496 e. The monoisotopic (exact) mass is 489 g/mol. The lowest BCUT2D eigenvalue weighted by Gasteiger charge is -2.38. The molecule has 172 valence electrons. The van der Waals surface area contributed by atoms with Crippen LogP contribution in [0.25, 0.3) is 10.9 Å². The van der Waals surface area contributed by atoms with Gasteiger partial charge in [-0.2, -0.15) is 13.2 Å². The third kappa shape index (κ3) is 4.95. The van der Waals surface area contributed by atoms with Crippen LogP contribution >= 0.6 is 23.2 Å². The topological polar surface area (TPSA) is 42.4 Å². The summed E-state index contributed by atoms with van der Waals surface area (Å²) in [4.78, 5) is 4.11. The van der Waals surface area contributed by atoms with Gasteiger partial charge in [0.2, 0.25) is 0 Å². The molecule has 1 N–H and O–H groups in total. The van der Waals surface area contributed by atoms with Crippen molar-refractivity contribution >= 4 is 34.1 Å². The maximum Gasteiger partial charge on any atom is 0.417 e. The van der Waals surface area contributed by atoms with Gasteiger partial charge in [-0.05, 0) is 59.9 Å². The number of ether oxygens (including phenoxy) is 1. The van der Waals surface area contributed by atoms with Crippen LogP contribution in [-0.4, -0.2) is 29.0 Å². The zero-order chi connectivity index (χ0) is 23.9. The van der Waals surface area contributed by atoms with E-state index in [2.05, 4.69) is 4.98 Å². The molecule has 0 amide bonds. The Morgan fingerprint density at radius 3 is 2.34 bits per heavy atom. The minimum Gasteiger partial charge on any atom is -0.496 e. The molecule has 0 aliphatic heterocycles. The smallest absolute Gasteiger partial charge is 0.417 e. The van der Waals surface area contributed by atoms with Crippen LogP contribution in [0.5, 0.6) is 5.75 Å². The summed E-state index contributed by atoms with van der Waals surface area (Å²) in [5.74, 6) is -0.393. The summed E-state index contributed by atoms with van der Waals surface area (Å²) >= 11 is 12.1. The van der Waals surface area contributed by atoms with E-state index in [9.17, 15) is 22.7 Å². The van der Waals surface area contributed by atoms with Gasteiger partial charge in [0.05, 0.1) is 12.6 Å². The second-order valence-electron chi connectivity index (χ2n) is 8.38. The molecular weight excluding hydrogens is 469 g/mol. The van der Waals surface area contributed by atoms with Crippen molar-refractivity contribution in [3.63, 3.8) is 0 Å². The first-order chi connectivity index (χ1) is 14.8. The first-order valence-corrected chi connectivity index (χ1v) is 10.4. The number of aliphatic hydroxyl groups is 1. The zero-order valence-corrected chi connectivity index (χ0v) is 19.0. The molecule has 0 radical (unpaired) electrons. The summed E-state index contributed by atoms with van der Waals surface area (Å²) in [6.45, 7) is 2.99. The number of pyridine rings is 1. The van der Waals surface area contributed by atoms with Crippen molar-refractivity contribution in [3.05, 3.63) is 69.6 Å². The number of fused-ring (bicyclic) bond motifs is 1. The molecule has 0 aliphatic rings. The van der Waals surface area contributed by atoms with E-state index < -0.39 is 35.9 Å². The maximum absolute atomic E-state index is 14.2. The second-order valence-corrected chi connectivity index (χ2v) is 9.20. The van der Waals surface area contributed by atoms with Crippen LogP contribution in [-0.2, 0) is 11.8 Å². The molecule has 1 aromatic heterocycles. The van der Waals surface area contributed by atoms with E-state index >= 15 is 0 Å². The van der Waals surface area contributed by atoms with Crippen molar-refractivity contribution in [2.45, 2.75) is 43.9 Å². The van der Waals surface area contributed by atoms with Crippen molar-refractivity contribution in [3.8, 4) is 5.75 Å². The van der Waals surface area contributed by atoms with Crippen LogP contribution in [0.1, 0.15) is 31.4 Å². The average Bonchev–Trinajstić information content (AvgIpc) is 2.67. The minimum atomic E-state index is -4.99. The predicted octanol–water partition coefficient (Wildman–Crippen LogP) is 6.89. The zero-order valence-electron chi connectivity index (χ0n) is 17.5. The van der Waals surface area contributed by atoms with E-state index in [1.807, 2.05) is 0 Å². The minimum absolute atomic E-state index is 0.00888. The van der Waals surface area contributed by atoms with Crippen LogP contribution < -0.4 is 4.74 Å². The first kappa shape index (κ1) is 24.6. The Morgan fingerprint density at radius 2 is 1.72 bits per heavy atom. The lowest BCUT2D eigenvalue weighted by Crippen LogP contribution is -2.51. The summed E-state index contributed by atoms with van der Waals surface area (Å²) in [6.07, 6.45) is -6.55. The SMILES string of the molecule is COc1ccc(F)cc1C(C)(C)CC(O)(Cc1cc(Cl)nc2ccc(Cl)cc12)C(F)(F)F. The Morgan fingerprint density at radius 1 is 1.03 bits per heavy atom. The number of alkyl halides is 3. The van der Waals surface area contributed by atoms with E-state index in [1.165, 1.54) is 39.2 Å². The number of hydrogen-bond acceptors (Lipinski definition) is 3. The van der Waals surface area contributed by atoms with Gasteiger partial charge in [-0.3, -0.25) is 0 Å². The molecule has 1 heterocycles. The van der Waals surface area contributed by atoms with Crippen LogP contribution in [0.4, 0.5) is 17.6 Å². The molecule has 3 nitrogen and oxygen atoms in total. The molecule has 0 spiro atoms. The molecule has 1 atom stereocenters. The van der Waals surface area contributed by atoms with Crippen molar-refractivity contribution in [1.82, 2.24) is 4.98 Å². The highest BCUT2D eigenvalue weighted by molar-refractivity contribution is 6.31. The number of nitrogens with zero attached hydrogens (tertiary/aromatic N) is 1. The van der Waals surface area contributed by atoms with E-state index in [4.69, 9.17) is 27.9 Å². The third-order valence-corrected chi connectivity index (χ3v) is 5.89. The Hall–Kier alpha value is -2.09. The summed E-state index contributed by atoms with van der Waals surface area (Å²) in [5, 5.41) is 11.6. The van der Waals surface area contributed by atoms with E-state index in [1.54, 1.807) is 12.1 Å². The van der Waals surface area contributed by atoms with Crippen LogP contribution in [0, 0.1) is 5.82 Å². The van der Waals surface area contributed by atoms with Gasteiger partial charge < -0.3 is 9.84 Å². The van der Waals surface area contributed by atoms with Gasteiger partial charge in [-0.1, -0.05) is 37.0 Å². The average molecular weight is 490 g/mol. The Bertz CT molecular complexity index is 1150. The number of aromatic nitrogens is 1. The van der Waals surface area contributed by atoms with Gasteiger partial charge >= 0.3 is 6.18 Å². The highest BCUT2D eigenvalue weighted by Gasteiger charge is 2.56. The summed E-state index contributed by atoms with van der Waals surface area (Å²) in [7, 11) is 1.34. The number of methoxy groups -OCH3 is 1. The Labute approximate surface area is 192 Å². The molecule has 2 aromatic carbocycles. The lowest BCUT2D eigenvalue weighted by molar-refractivity contribution is -0.266. The fourth-order valence-electron chi connectivity index (χ4n) is 3.99. The fraction of sp³-hybridized carbons (Fsp3) is 0.348. The van der Waals surface area contributed by atoms with Gasteiger partial charge in [0.15, 0.2) is 5.60 Å². The lowest BCUT2D eigenvalue weighted by atomic mass is 9.72. The first-order valence-electron chi connectivity index (χ1n) is 9.63. The molecule has 32 heavy (non-hydrogen) atoms. The summed E-state index contributed by atoms with van der Waals surface area (Å²) in [6, 6.07) is 9.47. The van der Waals surface area contributed by atoms with Gasteiger partial charge in [0, 0.05) is 22.4 Å². The normalized spacial score (nSPS) is 14.4. The van der Waals surface area contributed by atoms with Crippen molar-refractivity contribution < 1.29 is 27.4 Å². The van der Waals surface area contributed by atoms with Gasteiger partial charge in [0.25, 0.3) is 0 Å². The molecule has 9 heteroatoms. The summed E-state index contributed by atoms with van der Waals surface area (Å²) < 4.78 is 61.9. The molecule has 1 unspecified atom stereocenters. The molecule has 3 aromatic rings. The molecule has 3 rings (SSSR count). The number of halogens is 6. The van der Waals surface area contributed by atoms with Crippen molar-refractivity contribution in [2.75, 3.05) is 7.11 Å². The predicted molar refractivity (Wildman–Crippen MR) is 117 cm³/mol. The molecule has 0 fully saturated rings. The molecule has 0 saturated carbocycles. The third-order valence-electron chi connectivity index (χ3n) is 5.46.